The monoisotopic (exact) mass is 457 g/mol. The predicted molar refractivity (Wildman–Crippen MR) is 122 cm³/mol. The maximum atomic E-state index is 13.7. The van der Waals surface area contributed by atoms with Crippen molar-refractivity contribution in [3.05, 3.63) is 64.6 Å². The number of imide groups is 1. The number of halogens is 2. The van der Waals surface area contributed by atoms with Crippen molar-refractivity contribution in [1.82, 2.24) is 9.80 Å². The lowest BCUT2D eigenvalue weighted by Gasteiger charge is -2.36. The average molecular weight is 458 g/mol. The average Bonchev–Trinajstić information content (AvgIpc) is 3.05. The first-order valence-corrected chi connectivity index (χ1v) is 10.8. The standard InChI is InChI=1S/C24H25ClFN3O3/c1-27-12-10-16(11-13-27)28(2)22-21(15-4-7-18(32-3)8-5-15)23(30)29(24(22)31)17-6-9-20(26)19(25)14-17/h4-9,14,16H,10-13H2,1-3H3. The van der Waals surface area contributed by atoms with Crippen molar-refractivity contribution in [1.29, 1.82) is 0 Å². The van der Waals surface area contributed by atoms with Crippen molar-refractivity contribution in [2.24, 2.45) is 0 Å². The van der Waals surface area contributed by atoms with Gasteiger partial charge in [-0.3, -0.25) is 9.59 Å². The minimum absolute atomic E-state index is 0.128. The summed E-state index contributed by atoms with van der Waals surface area (Å²) in [7, 11) is 5.50. The van der Waals surface area contributed by atoms with E-state index in [0.29, 0.717) is 22.6 Å². The topological polar surface area (TPSA) is 53.1 Å². The number of nitrogens with zero attached hydrogens (tertiary/aromatic N) is 3. The van der Waals surface area contributed by atoms with E-state index < -0.39 is 17.6 Å². The zero-order valence-corrected chi connectivity index (χ0v) is 19.0. The van der Waals surface area contributed by atoms with Crippen molar-refractivity contribution in [2.45, 2.75) is 18.9 Å². The van der Waals surface area contributed by atoms with E-state index in [4.69, 9.17) is 16.3 Å². The number of ether oxygens (including phenoxy) is 1. The number of likely N-dealkylation sites (N-methyl/N-ethyl adjacent to an activating group) is 1. The lowest BCUT2D eigenvalue weighted by atomic mass is 10.00. The van der Waals surface area contributed by atoms with Crippen LogP contribution < -0.4 is 9.64 Å². The van der Waals surface area contributed by atoms with E-state index in [2.05, 4.69) is 11.9 Å². The first-order chi connectivity index (χ1) is 15.3. The van der Waals surface area contributed by atoms with Crippen LogP contribution in [0, 0.1) is 5.82 Å². The maximum absolute atomic E-state index is 13.7. The van der Waals surface area contributed by atoms with Crippen LogP contribution in [0.2, 0.25) is 5.02 Å². The lowest BCUT2D eigenvalue weighted by molar-refractivity contribution is -0.120. The molecule has 32 heavy (non-hydrogen) atoms. The molecule has 2 heterocycles. The van der Waals surface area contributed by atoms with Crippen molar-refractivity contribution in [2.75, 3.05) is 39.2 Å². The first kappa shape index (κ1) is 22.3. The van der Waals surface area contributed by atoms with Gasteiger partial charge in [-0.05, 0) is 68.9 Å². The molecule has 0 aliphatic carbocycles. The Morgan fingerprint density at radius 1 is 1.06 bits per heavy atom. The number of amides is 2. The normalized spacial score (nSPS) is 18.0. The highest BCUT2D eigenvalue weighted by Gasteiger charge is 2.43. The number of benzene rings is 2. The highest BCUT2D eigenvalue weighted by atomic mass is 35.5. The maximum Gasteiger partial charge on any atom is 0.282 e. The Hall–Kier alpha value is -2.90. The molecule has 0 atom stereocenters. The van der Waals surface area contributed by atoms with Crippen LogP contribution in [0.15, 0.2) is 48.2 Å². The van der Waals surface area contributed by atoms with Crippen LogP contribution in [0.3, 0.4) is 0 Å². The third kappa shape index (κ3) is 3.98. The molecule has 0 spiro atoms. The van der Waals surface area contributed by atoms with E-state index in [9.17, 15) is 14.0 Å². The molecule has 2 aromatic carbocycles. The number of hydrogen-bond donors (Lipinski definition) is 0. The summed E-state index contributed by atoms with van der Waals surface area (Å²) in [5.41, 5.74) is 1.52. The molecule has 4 rings (SSSR count). The molecule has 2 aliphatic rings. The van der Waals surface area contributed by atoms with Gasteiger partial charge in [0.25, 0.3) is 11.8 Å². The van der Waals surface area contributed by atoms with Gasteiger partial charge in [0.05, 0.1) is 23.4 Å². The fraction of sp³-hybridized carbons (Fsp3) is 0.333. The van der Waals surface area contributed by atoms with Crippen LogP contribution >= 0.6 is 11.6 Å². The molecule has 8 heteroatoms. The third-order valence-electron chi connectivity index (χ3n) is 6.19. The van der Waals surface area contributed by atoms with Crippen molar-refractivity contribution >= 4 is 34.7 Å². The number of carbonyl (C=O) groups is 2. The second-order valence-electron chi connectivity index (χ2n) is 8.14. The molecular formula is C24H25ClFN3O3. The van der Waals surface area contributed by atoms with E-state index in [-0.39, 0.29) is 16.8 Å². The van der Waals surface area contributed by atoms with Crippen molar-refractivity contribution in [3.63, 3.8) is 0 Å². The number of anilines is 1. The van der Waals surface area contributed by atoms with Crippen LogP contribution in [0.5, 0.6) is 5.75 Å². The molecule has 1 saturated heterocycles. The summed E-state index contributed by atoms with van der Waals surface area (Å²) < 4.78 is 18.9. The Balaban J connectivity index is 1.78. The second kappa shape index (κ2) is 8.92. The summed E-state index contributed by atoms with van der Waals surface area (Å²) in [6.45, 7) is 1.83. The zero-order chi connectivity index (χ0) is 23.0. The van der Waals surface area contributed by atoms with Crippen LogP contribution in [0.1, 0.15) is 18.4 Å². The van der Waals surface area contributed by atoms with Gasteiger partial charge in [0.2, 0.25) is 0 Å². The number of hydrogen-bond acceptors (Lipinski definition) is 5. The minimum Gasteiger partial charge on any atom is -0.497 e. The van der Waals surface area contributed by atoms with Gasteiger partial charge in [-0.15, -0.1) is 0 Å². The Bertz CT molecular complexity index is 1080. The molecule has 168 valence electrons. The van der Waals surface area contributed by atoms with Gasteiger partial charge in [-0.25, -0.2) is 9.29 Å². The fourth-order valence-electron chi connectivity index (χ4n) is 4.29. The van der Waals surface area contributed by atoms with E-state index in [1.54, 1.807) is 31.4 Å². The minimum atomic E-state index is -0.610. The molecule has 0 aromatic heterocycles. The molecule has 0 bridgehead atoms. The van der Waals surface area contributed by atoms with E-state index in [1.165, 1.54) is 12.1 Å². The molecule has 2 aromatic rings. The molecule has 2 aliphatic heterocycles. The second-order valence-corrected chi connectivity index (χ2v) is 8.55. The summed E-state index contributed by atoms with van der Waals surface area (Å²) >= 11 is 5.94. The molecule has 0 unspecified atom stereocenters. The fourth-order valence-corrected chi connectivity index (χ4v) is 4.46. The molecule has 6 nitrogen and oxygen atoms in total. The number of carbonyl (C=O) groups excluding carboxylic acids is 2. The molecule has 0 saturated carbocycles. The first-order valence-electron chi connectivity index (χ1n) is 10.5. The van der Waals surface area contributed by atoms with E-state index in [1.807, 2.05) is 11.9 Å². The van der Waals surface area contributed by atoms with Gasteiger partial charge < -0.3 is 14.5 Å². The highest BCUT2D eigenvalue weighted by Crippen LogP contribution is 2.37. The summed E-state index contributed by atoms with van der Waals surface area (Å²) in [5, 5.41) is -0.147. The third-order valence-corrected chi connectivity index (χ3v) is 6.48. The smallest absolute Gasteiger partial charge is 0.282 e. The van der Waals surface area contributed by atoms with Crippen LogP contribution in [-0.2, 0) is 9.59 Å². The van der Waals surface area contributed by atoms with Crippen molar-refractivity contribution in [3.8, 4) is 5.75 Å². The number of methoxy groups -OCH3 is 1. The molecule has 0 N–H and O–H groups in total. The largest absolute Gasteiger partial charge is 0.497 e. The molecule has 1 fully saturated rings. The predicted octanol–water partition coefficient (Wildman–Crippen LogP) is 3.80. The molecule has 2 amide bonds. The van der Waals surface area contributed by atoms with E-state index >= 15 is 0 Å². The summed E-state index contributed by atoms with van der Waals surface area (Å²) in [5.74, 6) is -0.859. The molecule has 0 radical (unpaired) electrons. The summed E-state index contributed by atoms with van der Waals surface area (Å²) in [6, 6.07) is 11.0. The van der Waals surface area contributed by atoms with Crippen LogP contribution in [-0.4, -0.2) is 62.0 Å². The number of rotatable bonds is 5. The quantitative estimate of drug-likeness (QED) is 0.639. The Kier molecular flexibility index (Phi) is 6.22. The summed E-state index contributed by atoms with van der Waals surface area (Å²) in [4.78, 5) is 32.4. The van der Waals surface area contributed by atoms with Gasteiger partial charge in [0, 0.05) is 13.1 Å². The molecular weight excluding hydrogens is 433 g/mol. The summed E-state index contributed by atoms with van der Waals surface area (Å²) in [6.07, 6.45) is 1.77. The number of likely N-dealkylation sites (tertiary alicyclic amines) is 1. The van der Waals surface area contributed by atoms with Gasteiger partial charge in [0.1, 0.15) is 17.3 Å². The van der Waals surface area contributed by atoms with Crippen molar-refractivity contribution < 1.29 is 18.7 Å². The number of piperidine rings is 1. The van der Waals surface area contributed by atoms with Gasteiger partial charge >= 0.3 is 0 Å². The SMILES string of the molecule is COc1ccc(C2=C(N(C)C3CCN(C)CC3)C(=O)N(c3ccc(F)c(Cl)c3)C2=O)cc1. The highest BCUT2D eigenvalue weighted by molar-refractivity contribution is 6.45. The van der Waals surface area contributed by atoms with Crippen LogP contribution in [0.25, 0.3) is 5.57 Å². The van der Waals surface area contributed by atoms with Crippen LogP contribution in [0.4, 0.5) is 10.1 Å². The Morgan fingerprint density at radius 3 is 2.31 bits per heavy atom. The lowest BCUT2D eigenvalue weighted by Crippen LogP contribution is -2.43. The zero-order valence-electron chi connectivity index (χ0n) is 18.3. The van der Waals surface area contributed by atoms with E-state index in [0.717, 1.165) is 36.9 Å². The van der Waals surface area contributed by atoms with Gasteiger partial charge in [-0.2, -0.15) is 0 Å². The Labute approximate surface area is 191 Å². The van der Waals surface area contributed by atoms with Gasteiger partial charge in [-0.1, -0.05) is 23.7 Å². The van der Waals surface area contributed by atoms with Gasteiger partial charge in [0.15, 0.2) is 0 Å². The Morgan fingerprint density at radius 2 is 1.72 bits per heavy atom.